The van der Waals surface area contributed by atoms with Crippen LogP contribution in [0, 0.1) is 0 Å². The van der Waals surface area contributed by atoms with Crippen LogP contribution in [-0.4, -0.2) is 29.9 Å². The lowest BCUT2D eigenvalue weighted by Crippen LogP contribution is -2.20. The molecule has 6 heteroatoms. The fraction of sp³-hybridized carbons (Fsp3) is 0.857. The van der Waals surface area contributed by atoms with Crippen molar-refractivity contribution in [2.45, 2.75) is 24.0 Å². The Morgan fingerprint density at radius 2 is 2.23 bits per heavy atom. The second kappa shape index (κ2) is 4.11. The Bertz CT molecular complexity index is 255. The van der Waals surface area contributed by atoms with Gasteiger partial charge in [0, 0.05) is 20.2 Å². The monoisotopic (exact) mass is 270 g/mol. The molecule has 0 amide bonds. The first kappa shape index (κ1) is 11.2. The summed E-state index contributed by atoms with van der Waals surface area (Å²) in [5.41, 5.74) is 0. The zero-order chi connectivity index (χ0) is 10.1. The third kappa shape index (κ3) is 2.33. The van der Waals surface area contributed by atoms with Gasteiger partial charge in [-0.3, -0.25) is 9.36 Å². The van der Waals surface area contributed by atoms with Crippen molar-refractivity contribution < 1.29 is 18.6 Å². The van der Waals surface area contributed by atoms with Gasteiger partial charge in [0.1, 0.15) is 10.7 Å². The van der Waals surface area contributed by atoms with Crippen LogP contribution >= 0.6 is 23.3 Å². The molecule has 3 unspecified atom stereocenters. The van der Waals surface area contributed by atoms with E-state index in [4.69, 9.17) is 9.26 Å². The number of esters is 1. The van der Waals surface area contributed by atoms with Gasteiger partial charge in [0.05, 0.1) is 0 Å². The van der Waals surface area contributed by atoms with Crippen LogP contribution in [0.5, 0.6) is 0 Å². The molecule has 0 spiro atoms. The molecule has 1 aliphatic rings. The number of alkyl halides is 1. The number of ether oxygens (including phenoxy) is 1. The van der Waals surface area contributed by atoms with Gasteiger partial charge in [0.15, 0.2) is 0 Å². The van der Waals surface area contributed by atoms with E-state index in [9.17, 15) is 9.36 Å². The van der Waals surface area contributed by atoms with Gasteiger partial charge < -0.3 is 9.26 Å². The summed E-state index contributed by atoms with van der Waals surface area (Å²) in [6.07, 6.45) is 0.751. The largest absolute Gasteiger partial charge is 0.461 e. The average Bonchev–Trinajstić information content (AvgIpc) is 2.33. The molecular formula is C7H12BrO4P. The van der Waals surface area contributed by atoms with Gasteiger partial charge in [-0.1, -0.05) is 15.9 Å². The van der Waals surface area contributed by atoms with Crippen LogP contribution in [0.15, 0.2) is 0 Å². The minimum atomic E-state index is -2.61. The van der Waals surface area contributed by atoms with Crippen LogP contribution in [0.2, 0.25) is 0 Å². The van der Waals surface area contributed by atoms with Crippen molar-refractivity contribution in [3.05, 3.63) is 0 Å². The van der Waals surface area contributed by atoms with Gasteiger partial charge in [0.2, 0.25) is 7.37 Å². The van der Waals surface area contributed by atoms with E-state index >= 15 is 0 Å². The molecule has 1 fully saturated rings. The van der Waals surface area contributed by atoms with E-state index in [0.29, 0.717) is 12.6 Å². The maximum Gasteiger partial charge on any atom is 0.302 e. The number of halogens is 1. The summed E-state index contributed by atoms with van der Waals surface area (Å²) in [5, 5.41) is 0. The molecule has 0 bridgehead atoms. The van der Waals surface area contributed by atoms with Gasteiger partial charge in [-0.25, -0.2) is 0 Å². The van der Waals surface area contributed by atoms with Gasteiger partial charge in [0.25, 0.3) is 0 Å². The lowest BCUT2D eigenvalue weighted by Gasteiger charge is -2.17. The van der Waals surface area contributed by atoms with E-state index in [1.807, 2.05) is 0 Å². The maximum absolute atomic E-state index is 11.8. The quantitative estimate of drug-likeness (QED) is 0.437. The zero-order valence-electron chi connectivity index (χ0n) is 7.53. The Balaban J connectivity index is 2.65. The van der Waals surface area contributed by atoms with Gasteiger partial charge in [-0.15, -0.1) is 0 Å². The highest BCUT2D eigenvalue weighted by molar-refractivity contribution is 9.10. The standard InChI is InChI=1S/C7H12BrO4P/c1-5(9)12-6-3-4-13(10,11-2)7(6)8/h6-7H,3-4H2,1-2H3. The Hall–Kier alpha value is 0.140. The number of hydrogen-bond donors (Lipinski definition) is 0. The average molecular weight is 271 g/mol. The summed E-state index contributed by atoms with van der Waals surface area (Å²) in [6, 6.07) is 0. The van der Waals surface area contributed by atoms with Crippen molar-refractivity contribution in [1.29, 1.82) is 0 Å². The third-order valence-corrected chi connectivity index (χ3v) is 7.08. The van der Waals surface area contributed by atoms with E-state index in [0.717, 1.165) is 0 Å². The minimum Gasteiger partial charge on any atom is -0.461 e. The Labute approximate surface area is 85.6 Å². The molecule has 1 aliphatic heterocycles. The van der Waals surface area contributed by atoms with Crippen molar-refractivity contribution in [3.8, 4) is 0 Å². The second-order valence-electron chi connectivity index (χ2n) is 2.94. The Morgan fingerprint density at radius 3 is 2.62 bits per heavy atom. The van der Waals surface area contributed by atoms with Crippen LogP contribution in [0.25, 0.3) is 0 Å². The highest BCUT2D eigenvalue weighted by Crippen LogP contribution is 2.61. The Morgan fingerprint density at radius 1 is 1.62 bits per heavy atom. The summed E-state index contributed by atoms with van der Waals surface area (Å²) in [6.45, 7) is 1.34. The highest BCUT2D eigenvalue weighted by Gasteiger charge is 2.45. The predicted molar refractivity (Wildman–Crippen MR) is 52.4 cm³/mol. The summed E-state index contributed by atoms with van der Waals surface area (Å²) < 4.78 is 21.4. The first-order chi connectivity index (χ1) is 5.99. The van der Waals surface area contributed by atoms with Crippen molar-refractivity contribution >= 4 is 29.3 Å². The normalized spacial score (nSPS) is 39.0. The molecule has 13 heavy (non-hydrogen) atoms. The smallest absolute Gasteiger partial charge is 0.302 e. The number of hydrogen-bond acceptors (Lipinski definition) is 4. The number of carbonyl (C=O) groups is 1. The molecule has 0 aliphatic carbocycles. The molecule has 0 saturated carbocycles. The van der Waals surface area contributed by atoms with Crippen LogP contribution in [0.1, 0.15) is 13.3 Å². The molecule has 0 aromatic carbocycles. The molecule has 0 radical (unpaired) electrons. The summed E-state index contributed by atoms with van der Waals surface area (Å²) >= 11 is 3.25. The summed E-state index contributed by atoms with van der Waals surface area (Å²) in [4.78, 5) is 10.7. The van der Waals surface area contributed by atoms with Crippen molar-refractivity contribution in [3.63, 3.8) is 0 Å². The van der Waals surface area contributed by atoms with Crippen molar-refractivity contribution in [1.82, 2.24) is 0 Å². The fourth-order valence-electron chi connectivity index (χ4n) is 1.34. The Kier molecular flexibility index (Phi) is 3.55. The molecule has 0 N–H and O–H groups in total. The van der Waals surface area contributed by atoms with E-state index in [2.05, 4.69) is 15.9 Å². The van der Waals surface area contributed by atoms with Gasteiger partial charge in [-0.05, 0) is 6.42 Å². The van der Waals surface area contributed by atoms with Crippen LogP contribution in [-0.2, 0) is 18.6 Å². The number of carbonyl (C=O) groups excluding carboxylic acids is 1. The van der Waals surface area contributed by atoms with Gasteiger partial charge >= 0.3 is 5.97 Å². The third-order valence-electron chi connectivity index (χ3n) is 2.03. The molecule has 3 atom stereocenters. The van der Waals surface area contributed by atoms with E-state index in [1.165, 1.54) is 14.0 Å². The fourth-order valence-corrected chi connectivity index (χ4v) is 4.79. The van der Waals surface area contributed by atoms with Crippen LogP contribution < -0.4 is 0 Å². The summed E-state index contributed by atoms with van der Waals surface area (Å²) in [5.74, 6) is -0.348. The SMILES string of the molecule is COP1(=O)CCC(OC(C)=O)C1Br. The molecule has 0 aromatic heterocycles. The van der Waals surface area contributed by atoms with Crippen molar-refractivity contribution in [2.75, 3.05) is 13.3 Å². The first-order valence-corrected chi connectivity index (χ1v) is 6.75. The molecule has 1 saturated heterocycles. The molecule has 1 heterocycles. The van der Waals surface area contributed by atoms with Crippen LogP contribution in [0.4, 0.5) is 0 Å². The van der Waals surface area contributed by atoms with E-state index in [1.54, 1.807) is 0 Å². The molecular weight excluding hydrogens is 259 g/mol. The molecule has 0 aromatic rings. The predicted octanol–water partition coefficient (Wildman–Crippen LogP) is 1.97. The second-order valence-corrected chi connectivity index (χ2v) is 7.46. The summed E-state index contributed by atoms with van der Waals surface area (Å²) in [7, 11) is -1.19. The van der Waals surface area contributed by atoms with Crippen LogP contribution in [0.3, 0.4) is 0 Å². The molecule has 76 valence electrons. The lowest BCUT2D eigenvalue weighted by molar-refractivity contribution is -0.145. The maximum atomic E-state index is 11.8. The molecule has 1 rings (SSSR count). The van der Waals surface area contributed by atoms with E-state index in [-0.39, 0.29) is 16.6 Å². The number of rotatable bonds is 2. The molecule has 4 nitrogen and oxygen atoms in total. The van der Waals surface area contributed by atoms with Crippen molar-refractivity contribution in [2.24, 2.45) is 0 Å². The minimum absolute atomic E-state index is 0.316. The first-order valence-electron chi connectivity index (χ1n) is 3.95. The lowest BCUT2D eigenvalue weighted by atomic mass is 10.3. The van der Waals surface area contributed by atoms with Gasteiger partial charge in [-0.2, -0.15) is 0 Å². The highest BCUT2D eigenvalue weighted by atomic mass is 79.9. The van der Waals surface area contributed by atoms with E-state index < -0.39 is 7.37 Å². The zero-order valence-corrected chi connectivity index (χ0v) is 10.0. The topological polar surface area (TPSA) is 52.6 Å².